The summed E-state index contributed by atoms with van der Waals surface area (Å²) in [5.41, 5.74) is 1.17. The lowest BCUT2D eigenvalue weighted by Crippen LogP contribution is -2.08. The van der Waals surface area contributed by atoms with Crippen molar-refractivity contribution in [1.82, 2.24) is 4.57 Å². The summed E-state index contributed by atoms with van der Waals surface area (Å²) in [5, 5.41) is 11.9. The number of carbonyl (C=O) groups is 2. The first-order valence-corrected chi connectivity index (χ1v) is 5.34. The van der Waals surface area contributed by atoms with Crippen molar-refractivity contribution < 1.29 is 14.7 Å². The number of hydrogen-bond donors (Lipinski definition) is 2. The molecule has 1 aromatic rings. The van der Waals surface area contributed by atoms with Crippen molar-refractivity contribution in [2.45, 2.75) is 26.3 Å². The zero-order chi connectivity index (χ0) is 11.7. The third-order valence-corrected chi connectivity index (χ3v) is 2.74. The van der Waals surface area contributed by atoms with E-state index in [4.69, 9.17) is 5.11 Å². The molecule has 0 spiro atoms. The van der Waals surface area contributed by atoms with Crippen LogP contribution in [0.4, 0.5) is 5.82 Å². The van der Waals surface area contributed by atoms with Gasteiger partial charge >= 0.3 is 5.97 Å². The standard InChI is InChI=1S/C11H14N2O3/c1-2-8(14)10-7(5-9(15)16)6-13-4-3-12-11(10)13/h6,12H,2-5H2,1H3,(H,15,16). The molecule has 0 aromatic carbocycles. The number of rotatable bonds is 4. The molecule has 0 saturated carbocycles. The highest BCUT2D eigenvalue weighted by Crippen LogP contribution is 2.28. The van der Waals surface area contributed by atoms with Crippen LogP contribution in [0.15, 0.2) is 6.20 Å². The van der Waals surface area contributed by atoms with Gasteiger partial charge in [-0.05, 0) is 5.56 Å². The van der Waals surface area contributed by atoms with E-state index in [0.717, 1.165) is 18.9 Å². The number of carbonyl (C=O) groups excluding carboxylic acids is 1. The molecule has 1 aliphatic rings. The highest BCUT2D eigenvalue weighted by atomic mass is 16.4. The van der Waals surface area contributed by atoms with Crippen LogP contribution in [0.2, 0.25) is 0 Å². The van der Waals surface area contributed by atoms with Gasteiger partial charge in [-0.2, -0.15) is 0 Å². The first-order chi connectivity index (χ1) is 7.63. The van der Waals surface area contributed by atoms with Gasteiger partial charge in [-0.3, -0.25) is 9.59 Å². The van der Waals surface area contributed by atoms with Gasteiger partial charge in [0, 0.05) is 25.7 Å². The number of ketones is 1. The lowest BCUT2D eigenvalue weighted by atomic mass is 10.0. The van der Waals surface area contributed by atoms with Crippen LogP contribution in [0.25, 0.3) is 0 Å². The van der Waals surface area contributed by atoms with E-state index in [-0.39, 0.29) is 12.2 Å². The Morgan fingerprint density at radius 2 is 2.31 bits per heavy atom. The molecule has 0 bridgehead atoms. The van der Waals surface area contributed by atoms with Crippen molar-refractivity contribution in [1.29, 1.82) is 0 Å². The van der Waals surface area contributed by atoms with Gasteiger partial charge in [0.05, 0.1) is 12.0 Å². The predicted molar refractivity (Wildman–Crippen MR) is 58.9 cm³/mol. The molecule has 1 aliphatic heterocycles. The minimum atomic E-state index is -0.908. The minimum absolute atomic E-state index is 0.000556. The highest BCUT2D eigenvalue weighted by molar-refractivity contribution is 6.03. The maximum Gasteiger partial charge on any atom is 0.307 e. The molecule has 1 aromatic heterocycles. The SMILES string of the molecule is CCC(=O)c1c(CC(=O)O)cn2c1NCC2. The number of nitrogens with one attached hydrogen (secondary N) is 1. The van der Waals surface area contributed by atoms with Crippen LogP contribution in [-0.2, 0) is 17.8 Å². The van der Waals surface area contributed by atoms with E-state index >= 15 is 0 Å². The third kappa shape index (κ3) is 1.68. The van der Waals surface area contributed by atoms with Crippen LogP contribution in [0.3, 0.4) is 0 Å². The average Bonchev–Trinajstić information content (AvgIpc) is 2.75. The smallest absolute Gasteiger partial charge is 0.307 e. The number of aliphatic carboxylic acids is 1. The van der Waals surface area contributed by atoms with Gasteiger partial charge in [-0.15, -0.1) is 0 Å². The summed E-state index contributed by atoms with van der Waals surface area (Å²) < 4.78 is 1.92. The number of anilines is 1. The Kier molecular flexibility index (Phi) is 2.68. The molecule has 0 saturated heterocycles. The number of fused-ring (bicyclic) bond motifs is 1. The zero-order valence-electron chi connectivity index (χ0n) is 9.12. The van der Waals surface area contributed by atoms with Gasteiger partial charge in [0.15, 0.2) is 5.78 Å². The van der Waals surface area contributed by atoms with E-state index in [9.17, 15) is 9.59 Å². The number of nitrogens with zero attached hydrogens (tertiary/aromatic N) is 1. The largest absolute Gasteiger partial charge is 0.481 e. The van der Waals surface area contributed by atoms with Crippen molar-refractivity contribution in [2.75, 3.05) is 11.9 Å². The molecule has 0 unspecified atom stereocenters. The monoisotopic (exact) mass is 222 g/mol. The molecular weight excluding hydrogens is 208 g/mol. The highest BCUT2D eigenvalue weighted by Gasteiger charge is 2.24. The van der Waals surface area contributed by atoms with E-state index in [0.29, 0.717) is 17.5 Å². The number of aromatic nitrogens is 1. The fourth-order valence-corrected chi connectivity index (χ4v) is 2.06. The maximum absolute atomic E-state index is 11.8. The summed E-state index contributed by atoms with van der Waals surface area (Å²) in [6.07, 6.45) is 2.07. The molecule has 16 heavy (non-hydrogen) atoms. The second-order valence-electron chi connectivity index (χ2n) is 3.85. The van der Waals surface area contributed by atoms with Crippen molar-refractivity contribution in [2.24, 2.45) is 0 Å². The first kappa shape index (κ1) is 10.7. The summed E-state index contributed by atoms with van der Waals surface area (Å²) in [6, 6.07) is 0. The lowest BCUT2D eigenvalue weighted by molar-refractivity contribution is -0.136. The van der Waals surface area contributed by atoms with Crippen LogP contribution >= 0.6 is 0 Å². The Labute approximate surface area is 93.1 Å². The number of carboxylic acid groups (broad SMARTS) is 1. The topological polar surface area (TPSA) is 71.3 Å². The summed E-state index contributed by atoms with van der Waals surface area (Å²) in [5.74, 6) is -0.128. The Balaban J connectivity index is 2.44. The van der Waals surface area contributed by atoms with E-state index in [2.05, 4.69) is 5.32 Å². The zero-order valence-corrected chi connectivity index (χ0v) is 9.12. The Morgan fingerprint density at radius 1 is 1.56 bits per heavy atom. The van der Waals surface area contributed by atoms with Crippen LogP contribution in [0.1, 0.15) is 29.3 Å². The molecule has 0 radical (unpaired) electrons. The van der Waals surface area contributed by atoms with Crippen LogP contribution in [0.5, 0.6) is 0 Å². The van der Waals surface area contributed by atoms with Gasteiger partial charge in [0.2, 0.25) is 0 Å². The summed E-state index contributed by atoms with van der Waals surface area (Å²) in [6.45, 7) is 3.37. The molecule has 0 atom stereocenters. The summed E-state index contributed by atoms with van der Waals surface area (Å²) >= 11 is 0. The van der Waals surface area contributed by atoms with Gasteiger partial charge in [0.1, 0.15) is 5.82 Å². The number of Topliss-reactive ketones (excluding diaryl/α,β-unsaturated/α-hetero) is 1. The number of carboxylic acids is 1. The average molecular weight is 222 g/mol. The molecular formula is C11H14N2O3. The van der Waals surface area contributed by atoms with E-state index in [1.165, 1.54) is 0 Å². The third-order valence-electron chi connectivity index (χ3n) is 2.74. The van der Waals surface area contributed by atoms with E-state index in [1.807, 2.05) is 4.57 Å². The van der Waals surface area contributed by atoms with Crippen molar-refractivity contribution in [3.8, 4) is 0 Å². The van der Waals surface area contributed by atoms with Gasteiger partial charge < -0.3 is 15.0 Å². The molecule has 2 N–H and O–H groups in total. The Morgan fingerprint density at radius 3 is 2.94 bits per heavy atom. The normalized spacial score (nSPS) is 13.3. The number of hydrogen-bond acceptors (Lipinski definition) is 3. The maximum atomic E-state index is 11.8. The van der Waals surface area contributed by atoms with Crippen molar-refractivity contribution in [3.05, 3.63) is 17.3 Å². The van der Waals surface area contributed by atoms with Gasteiger partial charge in [0.25, 0.3) is 0 Å². The molecule has 2 rings (SSSR count). The summed E-state index contributed by atoms with van der Waals surface area (Å²) in [7, 11) is 0. The second kappa shape index (κ2) is 4.00. The Hall–Kier alpha value is -1.78. The molecule has 5 heteroatoms. The molecule has 5 nitrogen and oxygen atoms in total. The predicted octanol–water partition coefficient (Wildman–Crippen LogP) is 1.13. The summed E-state index contributed by atoms with van der Waals surface area (Å²) in [4.78, 5) is 22.5. The molecule has 0 fully saturated rings. The second-order valence-corrected chi connectivity index (χ2v) is 3.85. The molecule has 86 valence electrons. The molecule has 0 amide bonds. The van der Waals surface area contributed by atoms with Crippen molar-refractivity contribution >= 4 is 17.6 Å². The Bertz CT molecular complexity index is 448. The van der Waals surface area contributed by atoms with Crippen LogP contribution in [-0.4, -0.2) is 28.0 Å². The van der Waals surface area contributed by atoms with Crippen molar-refractivity contribution in [3.63, 3.8) is 0 Å². The van der Waals surface area contributed by atoms with Gasteiger partial charge in [-0.1, -0.05) is 6.92 Å². The molecule has 2 heterocycles. The van der Waals surface area contributed by atoms with Gasteiger partial charge in [-0.25, -0.2) is 0 Å². The quantitative estimate of drug-likeness (QED) is 0.749. The first-order valence-electron chi connectivity index (χ1n) is 5.34. The van der Waals surface area contributed by atoms with Crippen LogP contribution in [0, 0.1) is 0 Å². The van der Waals surface area contributed by atoms with E-state index < -0.39 is 5.97 Å². The van der Waals surface area contributed by atoms with E-state index in [1.54, 1.807) is 13.1 Å². The fourth-order valence-electron chi connectivity index (χ4n) is 2.06. The molecule has 0 aliphatic carbocycles. The lowest BCUT2D eigenvalue weighted by Gasteiger charge is -2.02. The minimum Gasteiger partial charge on any atom is -0.481 e. The van der Waals surface area contributed by atoms with Crippen LogP contribution < -0.4 is 5.32 Å². The fraction of sp³-hybridized carbons (Fsp3) is 0.455.